The van der Waals surface area contributed by atoms with Gasteiger partial charge in [0, 0.05) is 0 Å². The minimum Gasteiger partial charge on any atom is -0.0683 e. The van der Waals surface area contributed by atoms with Gasteiger partial charge in [0.25, 0.3) is 0 Å². The molecule has 0 amide bonds. The second-order valence-corrected chi connectivity index (χ2v) is 9.69. The highest BCUT2D eigenvalue weighted by molar-refractivity contribution is 5.89. The molecule has 1 aliphatic carbocycles. The van der Waals surface area contributed by atoms with E-state index in [-0.39, 0.29) is 0 Å². The third-order valence-corrected chi connectivity index (χ3v) is 7.70. The molecule has 0 saturated heterocycles. The first-order valence-electron chi connectivity index (χ1n) is 14.5. The summed E-state index contributed by atoms with van der Waals surface area (Å²) in [6, 6.07) is 11.4. The molecule has 2 atom stereocenters. The van der Waals surface area contributed by atoms with Crippen LogP contribution >= 0.6 is 0 Å². The number of benzene rings is 2. The van der Waals surface area contributed by atoms with Crippen LogP contribution in [0, 0.1) is 31.6 Å². The van der Waals surface area contributed by atoms with Crippen LogP contribution in [0.3, 0.4) is 0 Å². The zero-order valence-corrected chi connectivity index (χ0v) is 24.2. The third-order valence-electron chi connectivity index (χ3n) is 7.70. The van der Waals surface area contributed by atoms with Gasteiger partial charge in [0.05, 0.1) is 0 Å². The van der Waals surface area contributed by atoms with Gasteiger partial charge in [-0.05, 0) is 71.9 Å². The van der Waals surface area contributed by atoms with Crippen LogP contribution < -0.4 is 0 Å². The van der Waals surface area contributed by atoms with Gasteiger partial charge in [0.1, 0.15) is 0 Å². The Morgan fingerprint density at radius 2 is 1.30 bits per heavy atom. The van der Waals surface area contributed by atoms with Crippen molar-refractivity contribution in [1.82, 2.24) is 0 Å². The van der Waals surface area contributed by atoms with Crippen molar-refractivity contribution in [2.24, 2.45) is 17.8 Å². The fraction of sp³-hybridized carbons (Fsp3) is 0.697. The standard InChI is InChI=1S/C21H28.C8H18.2C2H6/c1-16-15-19(12-8-11-18-9-4-3-5-10-18)21-14-7-6-13-20(21)17(16)2;1-5-7(3)8(4)6-2;2*1-2/h6-7,13-15,18H,3-5,8-12H2,1-2H3;7-8H,5-6H2,1-4H3;2*1-2H3. The molecule has 0 N–H and O–H groups in total. The lowest BCUT2D eigenvalue weighted by molar-refractivity contribution is 0.332. The van der Waals surface area contributed by atoms with E-state index < -0.39 is 0 Å². The minimum absolute atomic E-state index is 0.917. The summed E-state index contributed by atoms with van der Waals surface area (Å²) in [5, 5.41) is 2.93. The molecule has 33 heavy (non-hydrogen) atoms. The number of rotatable bonds is 7. The molecule has 2 aromatic rings. The Kier molecular flexibility index (Phi) is 18.3. The second kappa shape index (κ2) is 19.1. The van der Waals surface area contributed by atoms with E-state index in [0.717, 1.165) is 17.8 Å². The van der Waals surface area contributed by atoms with Crippen LogP contribution in [0.4, 0.5) is 0 Å². The molecule has 0 aromatic heterocycles. The molecule has 0 aliphatic heterocycles. The van der Waals surface area contributed by atoms with E-state index in [1.165, 1.54) is 86.1 Å². The van der Waals surface area contributed by atoms with E-state index in [1.54, 1.807) is 5.56 Å². The van der Waals surface area contributed by atoms with E-state index in [1.807, 2.05) is 27.7 Å². The van der Waals surface area contributed by atoms with Crippen LogP contribution in [0.5, 0.6) is 0 Å². The van der Waals surface area contributed by atoms with E-state index in [4.69, 9.17) is 0 Å². The van der Waals surface area contributed by atoms with Crippen molar-refractivity contribution in [2.75, 3.05) is 0 Å². The molecule has 2 aromatic carbocycles. The highest BCUT2D eigenvalue weighted by atomic mass is 14.2. The summed E-state index contributed by atoms with van der Waals surface area (Å²) in [6.07, 6.45) is 14.1. The van der Waals surface area contributed by atoms with Crippen LogP contribution in [-0.4, -0.2) is 0 Å². The topological polar surface area (TPSA) is 0 Å². The SMILES string of the molecule is CC.CC.CCC(C)C(C)CC.Cc1cc(CCCC2CCCCC2)c2ccccc2c1C. The van der Waals surface area contributed by atoms with Crippen molar-refractivity contribution in [3.63, 3.8) is 0 Å². The van der Waals surface area contributed by atoms with E-state index in [0.29, 0.717) is 0 Å². The van der Waals surface area contributed by atoms with E-state index in [2.05, 4.69) is 71.9 Å². The summed E-state index contributed by atoms with van der Waals surface area (Å²) in [7, 11) is 0. The van der Waals surface area contributed by atoms with Crippen molar-refractivity contribution in [3.05, 3.63) is 47.0 Å². The Balaban J connectivity index is 0.000000724. The molecule has 190 valence electrons. The predicted molar refractivity (Wildman–Crippen MR) is 155 cm³/mol. The third kappa shape index (κ3) is 11.1. The maximum Gasteiger partial charge on any atom is -0.0149 e. The first-order valence-corrected chi connectivity index (χ1v) is 14.5. The monoisotopic (exact) mass is 454 g/mol. The lowest BCUT2D eigenvalue weighted by Crippen LogP contribution is -2.06. The van der Waals surface area contributed by atoms with Crippen LogP contribution in [0.2, 0.25) is 0 Å². The van der Waals surface area contributed by atoms with Crippen LogP contribution in [0.25, 0.3) is 10.8 Å². The van der Waals surface area contributed by atoms with E-state index >= 15 is 0 Å². The van der Waals surface area contributed by atoms with Crippen LogP contribution in [-0.2, 0) is 6.42 Å². The molecule has 1 fully saturated rings. The van der Waals surface area contributed by atoms with Crippen molar-refractivity contribution in [2.45, 2.75) is 133 Å². The number of hydrogen-bond acceptors (Lipinski definition) is 0. The Bertz CT molecular complexity index is 712. The smallest absolute Gasteiger partial charge is 0.0149 e. The Morgan fingerprint density at radius 1 is 0.788 bits per heavy atom. The fourth-order valence-electron chi connectivity index (χ4n) is 4.82. The highest BCUT2D eigenvalue weighted by Crippen LogP contribution is 2.30. The number of fused-ring (bicyclic) bond motifs is 1. The maximum atomic E-state index is 2.43. The molecule has 0 radical (unpaired) electrons. The van der Waals surface area contributed by atoms with Crippen LogP contribution in [0.1, 0.15) is 130 Å². The van der Waals surface area contributed by atoms with Crippen molar-refractivity contribution < 1.29 is 0 Å². The largest absolute Gasteiger partial charge is 0.0683 e. The molecule has 3 rings (SSSR count). The van der Waals surface area contributed by atoms with Gasteiger partial charge < -0.3 is 0 Å². The zero-order valence-electron chi connectivity index (χ0n) is 24.2. The van der Waals surface area contributed by atoms with Crippen molar-refractivity contribution in [1.29, 1.82) is 0 Å². The Labute approximate surface area is 209 Å². The summed E-state index contributed by atoms with van der Waals surface area (Å²) in [5.41, 5.74) is 4.45. The molecular weight excluding hydrogens is 396 g/mol. The molecule has 0 spiro atoms. The molecule has 0 nitrogen and oxygen atoms in total. The van der Waals surface area contributed by atoms with Gasteiger partial charge in [-0.2, -0.15) is 0 Å². The summed E-state index contributed by atoms with van der Waals surface area (Å²) in [6.45, 7) is 21.7. The number of hydrogen-bond donors (Lipinski definition) is 0. The zero-order chi connectivity index (χ0) is 25.2. The highest BCUT2D eigenvalue weighted by Gasteiger charge is 2.13. The predicted octanol–water partition coefficient (Wildman–Crippen LogP) is 11.5. The van der Waals surface area contributed by atoms with Crippen molar-refractivity contribution in [3.8, 4) is 0 Å². The minimum atomic E-state index is 0.917. The quantitative estimate of drug-likeness (QED) is 0.390. The van der Waals surface area contributed by atoms with Gasteiger partial charge in [0.15, 0.2) is 0 Å². The first kappa shape index (κ1) is 31.7. The summed E-state index contributed by atoms with van der Waals surface area (Å²) < 4.78 is 0. The van der Waals surface area contributed by atoms with Crippen LogP contribution in [0.15, 0.2) is 30.3 Å². The lowest BCUT2D eigenvalue weighted by atomic mass is 9.85. The molecule has 0 heteroatoms. The molecule has 2 unspecified atom stereocenters. The molecule has 0 heterocycles. The average molecular weight is 455 g/mol. The van der Waals surface area contributed by atoms with Gasteiger partial charge in [-0.3, -0.25) is 0 Å². The van der Waals surface area contributed by atoms with Gasteiger partial charge in [-0.1, -0.05) is 137 Å². The number of aryl methyl sites for hydroxylation is 3. The molecule has 1 aliphatic rings. The maximum absolute atomic E-state index is 2.43. The lowest BCUT2D eigenvalue weighted by Gasteiger charge is -2.21. The van der Waals surface area contributed by atoms with Gasteiger partial charge in [0.2, 0.25) is 0 Å². The van der Waals surface area contributed by atoms with Gasteiger partial charge >= 0.3 is 0 Å². The van der Waals surface area contributed by atoms with Gasteiger partial charge in [-0.25, -0.2) is 0 Å². The summed E-state index contributed by atoms with van der Waals surface area (Å²) in [5.74, 6) is 2.84. The van der Waals surface area contributed by atoms with Crippen molar-refractivity contribution >= 4 is 10.8 Å². The second-order valence-electron chi connectivity index (χ2n) is 9.69. The molecule has 0 bridgehead atoms. The summed E-state index contributed by atoms with van der Waals surface area (Å²) >= 11 is 0. The fourth-order valence-corrected chi connectivity index (χ4v) is 4.82. The Hall–Kier alpha value is -1.30. The molecule has 1 saturated carbocycles. The summed E-state index contributed by atoms with van der Waals surface area (Å²) in [4.78, 5) is 0. The van der Waals surface area contributed by atoms with Gasteiger partial charge in [-0.15, -0.1) is 0 Å². The Morgan fingerprint density at radius 3 is 1.82 bits per heavy atom. The van der Waals surface area contributed by atoms with E-state index in [9.17, 15) is 0 Å². The normalized spacial score (nSPS) is 15.2. The molecular formula is C33H58. The first-order chi connectivity index (χ1) is 16.0. The average Bonchev–Trinajstić information content (AvgIpc) is 2.89.